The van der Waals surface area contributed by atoms with Crippen molar-refractivity contribution in [1.29, 1.82) is 0 Å². The molecule has 1 aliphatic rings. The molecule has 2 N–H and O–H groups in total. The fourth-order valence-corrected chi connectivity index (χ4v) is 3.52. The molecule has 1 saturated heterocycles. The molecular formula is C19H20ClIN2O3. The number of aryl methyl sites for hydroxylation is 1. The Hall–Kier alpha value is -1.35. The predicted octanol–water partition coefficient (Wildman–Crippen LogP) is 5.18. The van der Waals surface area contributed by atoms with Gasteiger partial charge in [0, 0.05) is 27.3 Å². The monoisotopic (exact) mass is 486 g/mol. The normalized spacial score (nSPS) is 17.0. The van der Waals surface area contributed by atoms with E-state index in [9.17, 15) is 4.79 Å². The Morgan fingerprint density at radius 2 is 2.04 bits per heavy atom. The van der Waals surface area contributed by atoms with Crippen molar-refractivity contribution in [2.75, 3.05) is 11.9 Å². The van der Waals surface area contributed by atoms with Crippen LogP contribution in [0.4, 0.5) is 11.4 Å². The highest BCUT2D eigenvalue weighted by molar-refractivity contribution is 14.1. The van der Waals surface area contributed by atoms with Crippen LogP contribution in [-0.2, 0) is 9.57 Å². The number of rotatable bonds is 5. The minimum atomic E-state index is -0.401. The second-order valence-corrected chi connectivity index (χ2v) is 7.80. The van der Waals surface area contributed by atoms with Gasteiger partial charge in [0.2, 0.25) is 0 Å². The van der Waals surface area contributed by atoms with E-state index in [4.69, 9.17) is 21.2 Å². The number of hydroxylamine groups is 1. The molecule has 2 aromatic carbocycles. The van der Waals surface area contributed by atoms with E-state index in [-0.39, 0.29) is 5.91 Å². The molecule has 0 radical (unpaired) electrons. The smallest absolute Gasteiger partial charge is 0.277 e. The Bertz CT molecular complexity index is 794. The van der Waals surface area contributed by atoms with Crippen LogP contribution in [0, 0.1) is 10.5 Å². The molecule has 1 amide bonds. The highest BCUT2D eigenvalue weighted by atomic mass is 127. The average Bonchev–Trinajstić information content (AvgIpc) is 2.64. The lowest BCUT2D eigenvalue weighted by atomic mass is 10.1. The molecule has 138 valence electrons. The number of ether oxygens (including phenoxy) is 1. The molecule has 1 aliphatic heterocycles. The first-order valence-corrected chi connectivity index (χ1v) is 9.89. The van der Waals surface area contributed by atoms with Crippen molar-refractivity contribution in [3.05, 3.63) is 56.1 Å². The highest BCUT2D eigenvalue weighted by Crippen LogP contribution is 2.27. The summed E-state index contributed by atoms with van der Waals surface area (Å²) in [5.74, 6) is -0.368. The molecule has 0 aromatic heterocycles. The van der Waals surface area contributed by atoms with Crippen LogP contribution in [0.5, 0.6) is 0 Å². The first kappa shape index (κ1) is 19.4. The number of anilines is 2. The van der Waals surface area contributed by atoms with Crippen LogP contribution in [-0.4, -0.2) is 18.8 Å². The van der Waals surface area contributed by atoms with E-state index < -0.39 is 6.29 Å². The van der Waals surface area contributed by atoms with Crippen LogP contribution < -0.4 is 10.8 Å². The molecule has 5 nitrogen and oxygen atoms in total. The Balaban J connectivity index is 1.75. The molecule has 7 heteroatoms. The van der Waals surface area contributed by atoms with Crippen molar-refractivity contribution in [3.63, 3.8) is 0 Å². The average molecular weight is 487 g/mol. The summed E-state index contributed by atoms with van der Waals surface area (Å²) in [6.45, 7) is 2.67. The van der Waals surface area contributed by atoms with E-state index >= 15 is 0 Å². The molecule has 2 aromatic rings. The van der Waals surface area contributed by atoms with Gasteiger partial charge >= 0.3 is 0 Å². The molecule has 1 fully saturated rings. The third kappa shape index (κ3) is 5.09. The van der Waals surface area contributed by atoms with Crippen molar-refractivity contribution >= 4 is 51.5 Å². The standard InChI is InChI=1S/C19H20ClIN2O3/c1-12-10-14(21)6-8-16(12)22-17-7-5-13(20)11-15(17)19(24)23-26-18-4-2-3-9-25-18/h5-8,10-11,18,22H,2-4,9H2,1H3,(H,23,24). The number of hydrogen-bond donors (Lipinski definition) is 2. The van der Waals surface area contributed by atoms with Gasteiger partial charge in [-0.2, -0.15) is 0 Å². The number of hydrogen-bond acceptors (Lipinski definition) is 4. The number of halogens is 2. The van der Waals surface area contributed by atoms with Crippen LogP contribution in [0.3, 0.4) is 0 Å². The van der Waals surface area contributed by atoms with Gasteiger partial charge < -0.3 is 10.1 Å². The topological polar surface area (TPSA) is 59.6 Å². The van der Waals surface area contributed by atoms with Crippen LogP contribution in [0.2, 0.25) is 5.02 Å². The van der Waals surface area contributed by atoms with Gasteiger partial charge in [0.25, 0.3) is 5.91 Å². The summed E-state index contributed by atoms with van der Waals surface area (Å²) in [5.41, 5.74) is 5.56. The molecule has 0 aliphatic carbocycles. The summed E-state index contributed by atoms with van der Waals surface area (Å²) in [4.78, 5) is 18.0. The zero-order chi connectivity index (χ0) is 18.5. The lowest BCUT2D eigenvalue weighted by molar-refractivity contribution is -0.186. The lowest BCUT2D eigenvalue weighted by Gasteiger charge is -2.22. The van der Waals surface area contributed by atoms with Gasteiger partial charge in [-0.3, -0.25) is 4.79 Å². The van der Waals surface area contributed by atoms with E-state index in [1.165, 1.54) is 0 Å². The minimum Gasteiger partial charge on any atom is -0.355 e. The van der Waals surface area contributed by atoms with E-state index in [1.807, 2.05) is 19.1 Å². The molecule has 0 saturated carbocycles. The summed E-state index contributed by atoms with van der Waals surface area (Å²) in [6, 6.07) is 11.2. The largest absolute Gasteiger partial charge is 0.355 e. The van der Waals surface area contributed by atoms with Crippen molar-refractivity contribution in [2.24, 2.45) is 0 Å². The number of amides is 1. The number of carbonyl (C=O) groups is 1. The van der Waals surface area contributed by atoms with E-state index in [0.717, 1.165) is 34.1 Å². The first-order valence-electron chi connectivity index (χ1n) is 8.43. The predicted molar refractivity (Wildman–Crippen MR) is 111 cm³/mol. The van der Waals surface area contributed by atoms with Crippen LogP contribution in [0.1, 0.15) is 35.2 Å². The molecule has 1 heterocycles. The molecule has 26 heavy (non-hydrogen) atoms. The summed E-state index contributed by atoms with van der Waals surface area (Å²) in [7, 11) is 0. The van der Waals surface area contributed by atoms with Gasteiger partial charge in [0.05, 0.1) is 11.3 Å². The summed E-state index contributed by atoms with van der Waals surface area (Å²) in [6.07, 6.45) is 2.41. The SMILES string of the molecule is Cc1cc(I)ccc1Nc1ccc(Cl)cc1C(=O)NOC1CCCCO1. The Morgan fingerprint density at radius 3 is 2.77 bits per heavy atom. The van der Waals surface area contributed by atoms with Gasteiger partial charge in [-0.05, 0) is 84.3 Å². The van der Waals surface area contributed by atoms with Crippen LogP contribution in [0.25, 0.3) is 0 Å². The molecule has 0 spiro atoms. The van der Waals surface area contributed by atoms with E-state index in [1.54, 1.807) is 18.2 Å². The quantitative estimate of drug-likeness (QED) is 0.451. The second kappa shape index (κ2) is 9.03. The van der Waals surface area contributed by atoms with Crippen molar-refractivity contribution in [1.82, 2.24) is 5.48 Å². The second-order valence-electron chi connectivity index (χ2n) is 6.12. The van der Waals surface area contributed by atoms with Gasteiger partial charge in [-0.15, -0.1) is 0 Å². The van der Waals surface area contributed by atoms with Gasteiger partial charge in [-0.25, -0.2) is 10.3 Å². The maximum absolute atomic E-state index is 12.6. The highest BCUT2D eigenvalue weighted by Gasteiger charge is 2.18. The summed E-state index contributed by atoms with van der Waals surface area (Å²) in [5, 5.41) is 3.78. The Kier molecular flexibility index (Phi) is 6.74. The molecular weight excluding hydrogens is 467 g/mol. The van der Waals surface area contributed by atoms with Crippen molar-refractivity contribution in [3.8, 4) is 0 Å². The molecule has 1 atom stereocenters. The van der Waals surface area contributed by atoms with Gasteiger partial charge in [0.1, 0.15) is 0 Å². The molecule has 1 unspecified atom stereocenters. The van der Waals surface area contributed by atoms with E-state index in [0.29, 0.717) is 22.9 Å². The van der Waals surface area contributed by atoms with E-state index in [2.05, 4.69) is 39.5 Å². The number of nitrogens with one attached hydrogen (secondary N) is 2. The third-order valence-electron chi connectivity index (χ3n) is 4.11. The van der Waals surface area contributed by atoms with Crippen LogP contribution in [0.15, 0.2) is 36.4 Å². The van der Waals surface area contributed by atoms with Gasteiger partial charge in [0.15, 0.2) is 6.29 Å². The van der Waals surface area contributed by atoms with Crippen molar-refractivity contribution < 1.29 is 14.4 Å². The fraction of sp³-hybridized carbons (Fsp3) is 0.316. The van der Waals surface area contributed by atoms with Crippen molar-refractivity contribution in [2.45, 2.75) is 32.5 Å². The van der Waals surface area contributed by atoms with Crippen LogP contribution >= 0.6 is 34.2 Å². The number of benzene rings is 2. The number of carbonyl (C=O) groups excluding carboxylic acids is 1. The summed E-state index contributed by atoms with van der Waals surface area (Å²) >= 11 is 8.36. The zero-order valence-corrected chi connectivity index (χ0v) is 17.3. The van der Waals surface area contributed by atoms with Gasteiger partial charge in [-0.1, -0.05) is 11.6 Å². The molecule has 0 bridgehead atoms. The zero-order valence-electron chi connectivity index (χ0n) is 14.4. The summed E-state index contributed by atoms with van der Waals surface area (Å²) < 4.78 is 6.61. The Labute approximate surface area is 171 Å². The maximum Gasteiger partial charge on any atom is 0.277 e. The third-order valence-corrected chi connectivity index (χ3v) is 5.01. The molecule has 3 rings (SSSR count). The lowest BCUT2D eigenvalue weighted by Crippen LogP contribution is -2.33. The minimum absolute atomic E-state index is 0.368. The maximum atomic E-state index is 12.6. The fourth-order valence-electron chi connectivity index (χ4n) is 2.70. The Morgan fingerprint density at radius 1 is 1.23 bits per heavy atom. The first-order chi connectivity index (χ1) is 12.5.